The second-order valence-electron chi connectivity index (χ2n) is 4.60. The van der Waals surface area contributed by atoms with Gasteiger partial charge in [0.2, 0.25) is 5.91 Å². The molecule has 0 aliphatic carbocycles. The lowest BCUT2D eigenvalue weighted by atomic mass is 9.84. The van der Waals surface area contributed by atoms with E-state index in [1.54, 1.807) is 0 Å². The second kappa shape index (κ2) is 3.99. The molecule has 0 atom stereocenters. The standard InChI is InChI=1S/C12H19NO/c1-9(2)7-12(8-10(3)4)6-5-11(14)13-12/h1,3,5-8H2,2,4H3,(H,13,14). The topological polar surface area (TPSA) is 29.1 Å². The Morgan fingerprint density at radius 3 is 2.14 bits per heavy atom. The van der Waals surface area contributed by atoms with Gasteiger partial charge in [0.1, 0.15) is 0 Å². The zero-order valence-corrected chi connectivity index (χ0v) is 9.15. The summed E-state index contributed by atoms with van der Waals surface area (Å²) in [5, 5.41) is 3.07. The Bertz CT molecular complexity index is 262. The van der Waals surface area contributed by atoms with E-state index in [0.717, 1.165) is 30.4 Å². The van der Waals surface area contributed by atoms with E-state index in [1.165, 1.54) is 0 Å². The summed E-state index contributed by atoms with van der Waals surface area (Å²) in [6, 6.07) is 0. The summed E-state index contributed by atoms with van der Waals surface area (Å²) in [4.78, 5) is 11.3. The Morgan fingerprint density at radius 2 is 1.86 bits per heavy atom. The molecule has 0 bridgehead atoms. The SMILES string of the molecule is C=C(C)CC1(CC(=C)C)CCC(=O)N1. The van der Waals surface area contributed by atoms with Crippen molar-refractivity contribution in [1.82, 2.24) is 5.32 Å². The van der Waals surface area contributed by atoms with Crippen LogP contribution in [0.25, 0.3) is 0 Å². The minimum Gasteiger partial charge on any atom is -0.350 e. The van der Waals surface area contributed by atoms with Crippen LogP contribution in [0.4, 0.5) is 0 Å². The minimum atomic E-state index is -0.0885. The average molecular weight is 193 g/mol. The number of hydrogen-bond donors (Lipinski definition) is 1. The summed E-state index contributed by atoms with van der Waals surface area (Å²) in [6.07, 6.45) is 3.28. The van der Waals surface area contributed by atoms with Gasteiger partial charge in [-0.05, 0) is 33.1 Å². The summed E-state index contributed by atoms with van der Waals surface area (Å²) >= 11 is 0. The number of carbonyl (C=O) groups is 1. The molecule has 2 heteroatoms. The molecule has 1 amide bonds. The van der Waals surface area contributed by atoms with Gasteiger partial charge in [-0.1, -0.05) is 11.1 Å². The first-order chi connectivity index (χ1) is 6.43. The Labute approximate surface area is 86.1 Å². The van der Waals surface area contributed by atoms with Crippen molar-refractivity contribution < 1.29 is 4.79 Å². The van der Waals surface area contributed by atoms with Crippen molar-refractivity contribution in [2.75, 3.05) is 0 Å². The smallest absolute Gasteiger partial charge is 0.220 e. The van der Waals surface area contributed by atoms with E-state index in [2.05, 4.69) is 18.5 Å². The van der Waals surface area contributed by atoms with Crippen molar-refractivity contribution in [3.05, 3.63) is 24.3 Å². The highest BCUT2D eigenvalue weighted by molar-refractivity contribution is 5.79. The van der Waals surface area contributed by atoms with E-state index in [-0.39, 0.29) is 11.4 Å². The predicted molar refractivity (Wildman–Crippen MR) is 59.0 cm³/mol. The quantitative estimate of drug-likeness (QED) is 0.683. The van der Waals surface area contributed by atoms with Crippen molar-refractivity contribution in [2.45, 2.75) is 45.1 Å². The highest BCUT2D eigenvalue weighted by Crippen LogP contribution is 2.32. The van der Waals surface area contributed by atoms with Crippen LogP contribution in [-0.4, -0.2) is 11.4 Å². The predicted octanol–water partition coefficient (Wildman–Crippen LogP) is 2.57. The second-order valence-corrected chi connectivity index (χ2v) is 4.60. The van der Waals surface area contributed by atoms with Gasteiger partial charge in [0.25, 0.3) is 0 Å². The molecule has 0 saturated carbocycles. The molecule has 0 unspecified atom stereocenters. The molecule has 1 aliphatic rings. The maximum absolute atomic E-state index is 11.3. The fourth-order valence-corrected chi connectivity index (χ4v) is 2.26. The van der Waals surface area contributed by atoms with Crippen LogP contribution >= 0.6 is 0 Å². The first-order valence-corrected chi connectivity index (χ1v) is 5.03. The van der Waals surface area contributed by atoms with E-state index in [4.69, 9.17) is 0 Å². The number of carbonyl (C=O) groups excluding carboxylic acids is 1. The van der Waals surface area contributed by atoms with E-state index in [0.29, 0.717) is 6.42 Å². The molecule has 1 saturated heterocycles. The largest absolute Gasteiger partial charge is 0.350 e. The van der Waals surface area contributed by atoms with Gasteiger partial charge in [0, 0.05) is 12.0 Å². The van der Waals surface area contributed by atoms with Gasteiger partial charge < -0.3 is 5.32 Å². The Kier molecular flexibility index (Phi) is 3.14. The molecule has 1 N–H and O–H groups in total. The Morgan fingerprint density at radius 1 is 1.36 bits per heavy atom. The van der Waals surface area contributed by atoms with E-state index in [9.17, 15) is 4.79 Å². The minimum absolute atomic E-state index is 0.0885. The van der Waals surface area contributed by atoms with Crippen molar-refractivity contribution in [3.8, 4) is 0 Å². The van der Waals surface area contributed by atoms with Crippen LogP contribution in [0.1, 0.15) is 39.5 Å². The summed E-state index contributed by atoms with van der Waals surface area (Å²) < 4.78 is 0. The first kappa shape index (κ1) is 11.0. The Hall–Kier alpha value is -1.05. The lowest BCUT2D eigenvalue weighted by Gasteiger charge is -2.29. The molecule has 78 valence electrons. The van der Waals surface area contributed by atoms with Gasteiger partial charge in [-0.2, -0.15) is 0 Å². The molecular formula is C12H19NO. The lowest BCUT2D eigenvalue weighted by Crippen LogP contribution is -2.41. The third-order valence-electron chi connectivity index (χ3n) is 2.52. The van der Waals surface area contributed by atoms with E-state index >= 15 is 0 Å². The zero-order chi connectivity index (χ0) is 10.8. The molecule has 0 aromatic rings. The van der Waals surface area contributed by atoms with Gasteiger partial charge >= 0.3 is 0 Å². The molecule has 1 rings (SSSR count). The van der Waals surface area contributed by atoms with Crippen molar-refractivity contribution in [2.24, 2.45) is 0 Å². The van der Waals surface area contributed by atoms with Gasteiger partial charge in [-0.25, -0.2) is 0 Å². The molecule has 0 aromatic carbocycles. The molecule has 2 nitrogen and oxygen atoms in total. The zero-order valence-electron chi connectivity index (χ0n) is 9.15. The van der Waals surface area contributed by atoms with Crippen LogP contribution in [0.15, 0.2) is 24.3 Å². The normalized spacial score (nSPS) is 19.1. The molecule has 0 aromatic heterocycles. The first-order valence-electron chi connectivity index (χ1n) is 5.03. The average Bonchev–Trinajstić information content (AvgIpc) is 2.28. The van der Waals surface area contributed by atoms with Crippen LogP contribution in [0.3, 0.4) is 0 Å². The molecule has 14 heavy (non-hydrogen) atoms. The van der Waals surface area contributed by atoms with E-state index in [1.807, 2.05) is 13.8 Å². The summed E-state index contributed by atoms with van der Waals surface area (Å²) in [7, 11) is 0. The van der Waals surface area contributed by atoms with Crippen LogP contribution in [-0.2, 0) is 4.79 Å². The van der Waals surface area contributed by atoms with Gasteiger partial charge in [0.15, 0.2) is 0 Å². The van der Waals surface area contributed by atoms with E-state index < -0.39 is 0 Å². The fourth-order valence-electron chi connectivity index (χ4n) is 2.26. The highest BCUT2D eigenvalue weighted by atomic mass is 16.2. The molecule has 0 radical (unpaired) electrons. The fraction of sp³-hybridized carbons (Fsp3) is 0.583. The highest BCUT2D eigenvalue weighted by Gasteiger charge is 2.37. The summed E-state index contributed by atoms with van der Waals surface area (Å²) in [5.74, 6) is 0.160. The van der Waals surface area contributed by atoms with Crippen molar-refractivity contribution >= 4 is 5.91 Å². The molecule has 1 fully saturated rings. The van der Waals surface area contributed by atoms with Crippen molar-refractivity contribution in [3.63, 3.8) is 0 Å². The van der Waals surface area contributed by atoms with Crippen LogP contribution in [0.2, 0.25) is 0 Å². The molecule has 1 aliphatic heterocycles. The van der Waals surface area contributed by atoms with Crippen LogP contribution in [0.5, 0.6) is 0 Å². The number of rotatable bonds is 4. The molecule has 1 heterocycles. The molecule has 0 spiro atoms. The third-order valence-corrected chi connectivity index (χ3v) is 2.52. The third kappa shape index (κ3) is 2.72. The van der Waals surface area contributed by atoms with Crippen LogP contribution in [0, 0.1) is 0 Å². The van der Waals surface area contributed by atoms with Gasteiger partial charge in [-0.15, -0.1) is 13.2 Å². The van der Waals surface area contributed by atoms with Crippen LogP contribution < -0.4 is 5.32 Å². The van der Waals surface area contributed by atoms with Gasteiger partial charge in [0.05, 0.1) is 0 Å². The monoisotopic (exact) mass is 193 g/mol. The molecular weight excluding hydrogens is 174 g/mol. The Balaban J connectivity index is 2.74. The maximum Gasteiger partial charge on any atom is 0.220 e. The number of amides is 1. The maximum atomic E-state index is 11.3. The lowest BCUT2D eigenvalue weighted by molar-refractivity contribution is -0.119. The van der Waals surface area contributed by atoms with Gasteiger partial charge in [-0.3, -0.25) is 4.79 Å². The number of hydrogen-bond acceptors (Lipinski definition) is 1. The van der Waals surface area contributed by atoms with Crippen molar-refractivity contribution in [1.29, 1.82) is 0 Å². The summed E-state index contributed by atoms with van der Waals surface area (Å²) in [5.41, 5.74) is 2.15. The summed E-state index contributed by atoms with van der Waals surface area (Å²) in [6.45, 7) is 11.8. The number of nitrogens with one attached hydrogen (secondary N) is 1.